The Labute approximate surface area is 109 Å². The molecule has 0 aliphatic heterocycles. The molecule has 0 spiro atoms. The molecule has 18 heavy (non-hydrogen) atoms. The van der Waals surface area contributed by atoms with Gasteiger partial charge in [-0.1, -0.05) is 19.1 Å². The lowest BCUT2D eigenvalue weighted by Crippen LogP contribution is -2.50. The Bertz CT molecular complexity index is 407. The van der Waals surface area contributed by atoms with Crippen LogP contribution in [0.25, 0.3) is 0 Å². The summed E-state index contributed by atoms with van der Waals surface area (Å²) in [5, 5.41) is 3.20. The number of methoxy groups -OCH3 is 1. The molecule has 1 N–H and O–H groups in total. The number of hydrogen-bond donors (Lipinski definition) is 1. The van der Waals surface area contributed by atoms with Crippen molar-refractivity contribution in [3.8, 4) is 5.75 Å². The molecule has 1 aromatic carbocycles. The van der Waals surface area contributed by atoms with Crippen molar-refractivity contribution in [3.63, 3.8) is 0 Å². The van der Waals surface area contributed by atoms with Gasteiger partial charge in [-0.15, -0.1) is 0 Å². The van der Waals surface area contributed by atoms with Gasteiger partial charge in [-0.25, -0.2) is 0 Å². The van der Waals surface area contributed by atoms with Crippen LogP contribution in [0, 0.1) is 0 Å². The van der Waals surface area contributed by atoms with E-state index in [1.165, 1.54) is 12.0 Å². The number of amides is 1. The predicted octanol–water partition coefficient (Wildman–Crippen LogP) is 2.99. The number of carbonyl (C=O) groups excluding carboxylic acids is 1. The molecule has 0 aromatic heterocycles. The lowest BCUT2D eigenvalue weighted by molar-refractivity contribution is -0.124. The fraction of sp³-hybridized carbons (Fsp3) is 0.533. The topological polar surface area (TPSA) is 38.3 Å². The van der Waals surface area contributed by atoms with Crippen LogP contribution in [0.1, 0.15) is 44.6 Å². The summed E-state index contributed by atoms with van der Waals surface area (Å²) < 4.78 is 5.17. The molecule has 0 bridgehead atoms. The molecule has 0 saturated heterocycles. The summed E-state index contributed by atoms with van der Waals surface area (Å²) in [4.78, 5) is 11.8. The molecule has 1 aromatic rings. The van der Waals surface area contributed by atoms with E-state index >= 15 is 0 Å². The van der Waals surface area contributed by atoms with Crippen molar-refractivity contribution >= 4 is 5.91 Å². The zero-order valence-electron chi connectivity index (χ0n) is 11.2. The van der Waals surface area contributed by atoms with E-state index < -0.39 is 0 Å². The van der Waals surface area contributed by atoms with E-state index in [4.69, 9.17) is 4.74 Å². The van der Waals surface area contributed by atoms with E-state index in [2.05, 4.69) is 17.4 Å². The zero-order valence-corrected chi connectivity index (χ0v) is 11.2. The van der Waals surface area contributed by atoms with Crippen LogP contribution >= 0.6 is 0 Å². The second kappa shape index (κ2) is 5.42. The van der Waals surface area contributed by atoms with E-state index in [1.807, 2.05) is 19.1 Å². The normalized spacial score (nSPS) is 16.8. The van der Waals surface area contributed by atoms with Crippen LogP contribution in [0.3, 0.4) is 0 Å². The second-order valence-electron chi connectivity index (χ2n) is 4.96. The van der Waals surface area contributed by atoms with Gasteiger partial charge in [0, 0.05) is 6.42 Å². The number of benzene rings is 1. The van der Waals surface area contributed by atoms with Gasteiger partial charge >= 0.3 is 0 Å². The van der Waals surface area contributed by atoms with Gasteiger partial charge < -0.3 is 10.1 Å². The maximum atomic E-state index is 11.8. The van der Waals surface area contributed by atoms with Gasteiger partial charge in [0.25, 0.3) is 0 Å². The van der Waals surface area contributed by atoms with Gasteiger partial charge in [0.2, 0.25) is 5.91 Å². The average Bonchev–Trinajstić information content (AvgIpc) is 2.34. The highest BCUT2D eigenvalue weighted by atomic mass is 16.5. The van der Waals surface area contributed by atoms with Crippen LogP contribution in [0.15, 0.2) is 24.3 Å². The van der Waals surface area contributed by atoms with Gasteiger partial charge in [0.1, 0.15) is 5.75 Å². The highest BCUT2D eigenvalue weighted by Gasteiger charge is 2.39. The van der Waals surface area contributed by atoms with Crippen molar-refractivity contribution in [1.29, 1.82) is 0 Å². The van der Waals surface area contributed by atoms with Crippen LogP contribution in [0.4, 0.5) is 0 Å². The first-order valence-electron chi connectivity index (χ1n) is 6.66. The molecule has 3 nitrogen and oxygen atoms in total. The SMILES string of the molecule is CCCC(=O)NC1(c2ccc(OC)cc2)CCC1. The zero-order chi connectivity index (χ0) is 13.0. The van der Waals surface area contributed by atoms with Crippen molar-refractivity contribution in [1.82, 2.24) is 5.32 Å². The smallest absolute Gasteiger partial charge is 0.220 e. The average molecular weight is 247 g/mol. The molecule has 0 radical (unpaired) electrons. The van der Waals surface area contributed by atoms with E-state index in [1.54, 1.807) is 7.11 Å². The quantitative estimate of drug-likeness (QED) is 0.868. The monoisotopic (exact) mass is 247 g/mol. The Morgan fingerprint density at radius 2 is 2.00 bits per heavy atom. The first kappa shape index (κ1) is 12.9. The number of carbonyl (C=O) groups is 1. The molecule has 1 aliphatic carbocycles. The third-order valence-electron chi connectivity index (χ3n) is 3.71. The Morgan fingerprint density at radius 3 is 2.44 bits per heavy atom. The number of hydrogen-bond acceptors (Lipinski definition) is 2. The van der Waals surface area contributed by atoms with E-state index in [0.29, 0.717) is 6.42 Å². The van der Waals surface area contributed by atoms with Crippen LogP contribution in [-0.2, 0) is 10.3 Å². The van der Waals surface area contributed by atoms with Crippen molar-refractivity contribution < 1.29 is 9.53 Å². The second-order valence-corrected chi connectivity index (χ2v) is 4.96. The van der Waals surface area contributed by atoms with E-state index in [0.717, 1.165) is 25.0 Å². The Balaban J connectivity index is 2.13. The van der Waals surface area contributed by atoms with Gasteiger partial charge in [-0.05, 0) is 43.4 Å². The minimum absolute atomic E-state index is 0.126. The lowest BCUT2D eigenvalue weighted by atomic mass is 9.71. The molecular formula is C15H21NO2. The Kier molecular flexibility index (Phi) is 3.90. The third kappa shape index (κ3) is 2.50. The lowest BCUT2D eigenvalue weighted by Gasteiger charge is -2.43. The maximum Gasteiger partial charge on any atom is 0.220 e. The van der Waals surface area contributed by atoms with Crippen LogP contribution in [0.2, 0.25) is 0 Å². The molecule has 2 rings (SSSR count). The Morgan fingerprint density at radius 1 is 1.33 bits per heavy atom. The van der Waals surface area contributed by atoms with E-state index in [-0.39, 0.29) is 11.4 Å². The fourth-order valence-corrected chi connectivity index (χ4v) is 2.48. The standard InChI is InChI=1S/C15H21NO2/c1-3-5-14(17)16-15(10-4-11-15)12-6-8-13(18-2)9-7-12/h6-9H,3-5,10-11H2,1-2H3,(H,16,17). The summed E-state index contributed by atoms with van der Waals surface area (Å²) in [5.41, 5.74) is 1.07. The molecular weight excluding hydrogens is 226 g/mol. The summed E-state index contributed by atoms with van der Waals surface area (Å²) in [7, 11) is 1.66. The van der Waals surface area contributed by atoms with Crippen molar-refractivity contribution in [2.45, 2.75) is 44.6 Å². The summed E-state index contributed by atoms with van der Waals surface area (Å²) in [6.07, 6.45) is 4.75. The highest BCUT2D eigenvalue weighted by molar-refractivity contribution is 5.77. The van der Waals surface area contributed by atoms with Crippen molar-refractivity contribution in [3.05, 3.63) is 29.8 Å². The molecule has 1 fully saturated rings. The molecule has 0 unspecified atom stereocenters. The highest BCUT2D eigenvalue weighted by Crippen LogP contribution is 2.41. The van der Waals surface area contributed by atoms with Gasteiger partial charge in [0.15, 0.2) is 0 Å². The summed E-state index contributed by atoms with van der Waals surface area (Å²) in [5.74, 6) is 1.01. The maximum absolute atomic E-state index is 11.8. The third-order valence-corrected chi connectivity index (χ3v) is 3.71. The predicted molar refractivity (Wildman–Crippen MR) is 71.6 cm³/mol. The molecule has 98 valence electrons. The summed E-state index contributed by atoms with van der Waals surface area (Å²) in [6, 6.07) is 8.04. The van der Waals surface area contributed by atoms with Crippen LogP contribution in [0.5, 0.6) is 5.75 Å². The first-order valence-corrected chi connectivity index (χ1v) is 6.66. The van der Waals surface area contributed by atoms with Crippen molar-refractivity contribution in [2.75, 3.05) is 7.11 Å². The van der Waals surface area contributed by atoms with Crippen LogP contribution < -0.4 is 10.1 Å². The van der Waals surface area contributed by atoms with Crippen molar-refractivity contribution in [2.24, 2.45) is 0 Å². The number of ether oxygens (including phenoxy) is 1. The minimum atomic E-state index is -0.126. The molecule has 1 amide bonds. The number of nitrogens with one attached hydrogen (secondary N) is 1. The van der Waals surface area contributed by atoms with Gasteiger partial charge in [-0.2, -0.15) is 0 Å². The van der Waals surface area contributed by atoms with E-state index in [9.17, 15) is 4.79 Å². The van der Waals surface area contributed by atoms with Gasteiger partial charge in [0.05, 0.1) is 12.6 Å². The molecule has 1 aliphatic rings. The molecule has 0 heterocycles. The number of rotatable bonds is 5. The molecule has 3 heteroatoms. The van der Waals surface area contributed by atoms with Gasteiger partial charge in [-0.3, -0.25) is 4.79 Å². The summed E-state index contributed by atoms with van der Waals surface area (Å²) in [6.45, 7) is 2.03. The first-order chi connectivity index (χ1) is 8.70. The molecule has 0 atom stereocenters. The van der Waals surface area contributed by atoms with Crippen LogP contribution in [-0.4, -0.2) is 13.0 Å². The summed E-state index contributed by atoms with van der Waals surface area (Å²) >= 11 is 0. The Hall–Kier alpha value is -1.51. The minimum Gasteiger partial charge on any atom is -0.497 e. The fourth-order valence-electron chi connectivity index (χ4n) is 2.48. The molecule has 1 saturated carbocycles. The largest absolute Gasteiger partial charge is 0.497 e.